The van der Waals surface area contributed by atoms with Gasteiger partial charge in [-0.3, -0.25) is 4.79 Å². The molecule has 3 N–H and O–H groups in total. The fourth-order valence-corrected chi connectivity index (χ4v) is 13.9. The van der Waals surface area contributed by atoms with Crippen molar-refractivity contribution in [2.75, 3.05) is 6.61 Å². The molecule has 43 heavy (non-hydrogen) atoms. The standard InChI is InChI=1S/C38H56O5/c1-25-37-13-12-27-33(4)17-16-31(2)14-15-32(3,30(40)41)23-28(31)34(33,5)18-19-35(27,6)36(37,24-39)20-21-38(25,42)43-29(37)22-26-10-8-7-9-11-26/h7-11,25,27-29,39,42H,12-24H2,1-6H3,(H,40,41). The van der Waals surface area contributed by atoms with E-state index in [1.165, 1.54) is 18.4 Å². The highest BCUT2D eigenvalue weighted by Crippen LogP contribution is 2.83. The summed E-state index contributed by atoms with van der Waals surface area (Å²) < 4.78 is 6.77. The molecule has 6 aliphatic rings. The maximum atomic E-state index is 12.5. The minimum atomic E-state index is -1.13. The first-order valence-corrected chi connectivity index (χ1v) is 17.4. The molecule has 0 radical (unpaired) electrons. The van der Waals surface area contributed by atoms with E-state index < -0.39 is 17.2 Å². The molecule has 5 aliphatic carbocycles. The SMILES string of the molecule is CC1C2(O)CCC3(CO)C4(C)CCC5(C)C6CC(C)(C(=O)O)CCC6(C)CCC5(C)C4CCC13C(Cc1ccccc1)O2. The van der Waals surface area contributed by atoms with E-state index in [2.05, 4.69) is 65.0 Å². The lowest BCUT2D eigenvalue weighted by molar-refractivity contribution is -0.307. The van der Waals surface area contributed by atoms with Gasteiger partial charge in [0, 0.05) is 29.8 Å². The van der Waals surface area contributed by atoms with Gasteiger partial charge < -0.3 is 20.1 Å². The highest BCUT2D eigenvalue weighted by molar-refractivity contribution is 5.74. The summed E-state index contributed by atoms with van der Waals surface area (Å²) in [4.78, 5) is 12.5. The molecule has 1 heterocycles. The van der Waals surface area contributed by atoms with Crippen LogP contribution in [0.4, 0.5) is 0 Å². The summed E-state index contributed by atoms with van der Waals surface area (Å²) in [5.74, 6) is -0.979. The molecule has 238 valence electrons. The van der Waals surface area contributed by atoms with Crippen LogP contribution in [0.25, 0.3) is 0 Å². The fraction of sp³-hybridized carbons (Fsp3) is 0.816. The number of carbonyl (C=O) groups is 1. The third-order valence-electron chi connectivity index (χ3n) is 16.9. The number of carboxylic acids is 1. The minimum absolute atomic E-state index is 0.0437. The van der Waals surface area contributed by atoms with E-state index in [9.17, 15) is 20.1 Å². The van der Waals surface area contributed by atoms with Crippen LogP contribution in [0, 0.1) is 55.7 Å². The van der Waals surface area contributed by atoms with Gasteiger partial charge in [-0.15, -0.1) is 0 Å². The summed E-state index contributed by atoms with van der Waals surface area (Å²) in [6.45, 7) is 14.5. The van der Waals surface area contributed by atoms with Crippen molar-refractivity contribution >= 4 is 5.97 Å². The number of hydrogen-bond donors (Lipinski definition) is 3. The zero-order chi connectivity index (χ0) is 30.9. The number of aliphatic hydroxyl groups excluding tert-OH is 1. The largest absolute Gasteiger partial charge is 0.481 e. The summed E-state index contributed by atoms with van der Waals surface area (Å²) in [5, 5.41) is 34.0. The van der Waals surface area contributed by atoms with Crippen molar-refractivity contribution in [1.29, 1.82) is 0 Å². The van der Waals surface area contributed by atoms with Gasteiger partial charge in [0.1, 0.15) is 0 Å². The lowest BCUT2D eigenvalue weighted by Gasteiger charge is -2.77. The summed E-state index contributed by atoms with van der Waals surface area (Å²) in [5.41, 5.74) is 0.174. The van der Waals surface area contributed by atoms with Crippen LogP contribution < -0.4 is 0 Å². The van der Waals surface area contributed by atoms with Crippen LogP contribution in [0.15, 0.2) is 30.3 Å². The fourth-order valence-electron chi connectivity index (χ4n) is 13.9. The van der Waals surface area contributed by atoms with Crippen LogP contribution in [-0.2, 0) is 16.0 Å². The number of hydrogen-bond acceptors (Lipinski definition) is 4. The van der Waals surface area contributed by atoms with Crippen LogP contribution in [0.5, 0.6) is 0 Å². The van der Waals surface area contributed by atoms with Gasteiger partial charge >= 0.3 is 5.97 Å². The van der Waals surface area contributed by atoms with Crippen molar-refractivity contribution in [1.82, 2.24) is 0 Å². The second-order valence-electron chi connectivity index (χ2n) is 17.8. The Labute approximate surface area is 259 Å². The molecular weight excluding hydrogens is 536 g/mol. The number of ether oxygens (including phenoxy) is 1. The Balaban J connectivity index is 1.32. The Morgan fingerprint density at radius 1 is 0.837 bits per heavy atom. The third-order valence-corrected chi connectivity index (χ3v) is 16.9. The molecule has 1 aromatic rings. The molecule has 1 saturated heterocycles. The highest BCUT2D eigenvalue weighted by Gasteiger charge is 2.81. The Kier molecular flexibility index (Phi) is 6.40. The smallest absolute Gasteiger partial charge is 0.309 e. The van der Waals surface area contributed by atoms with Crippen molar-refractivity contribution in [3.8, 4) is 0 Å². The zero-order valence-electron chi connectivity index (χ0n) is 27.5. The molecule has 12 unspecified atom stereocenters. The topological polar surface area (TPSA) is 87.0 Å². The van der Waals surface area contributed by atoms with Gasteiger partial charge in [0.2, 0.25) is 0 Å². The molecular formula is C38H56O5. The number of carboxylic acid groups (broad SMARTS) is 1. The van der Waals surface area contributed by atoms with Crippen molar-refractivity contribution in [2.24, 2.45) is 55.7 Å². The number of rotatable bonds is 4. The molecule has 1 aromatic carbocycles. The molecule has 6 fully saturated rings. The maximum absolute atomic E-state index is 12.5. The van der Waals surface area contributed by atoms with Gasteiger partial charge in [0.15, 0.2) is 5.79 Å². The molecule has 1 aliphatic heterocycles. The second-order valence-corrected chi connectivity index (χ2v) is 17.8. The van der Waals surface area contributed by atoms with Crippen molar-refractivity contribution in [3.05, 3.63) is 35.9 Å². The van der Waals surface area contributed by atoms with Gasteiger partial charge in [0.05, 0.1) is 11.5 Å². The maximum Gasteiger partial charge on any atom is 0.309 e. The molecule has 5 saturated carbocycles. The van der Waals surface area contributed by atoms with E-state index in [-0.39, 0.29) is 51.1 Å². The van der Waals surface area contributed by atoms with Crippen LogP contribution in [-0.4, -0.2) is 39.8 Å². The van der Waals surface area contributed by atoms with Crippen molar-refractivity contribution < 1.29 is 24.9 Å². The Morgan fingerprint density at radius 3 is 2.14 bits per heavy atom. The van der Waals surface area contributed by atoms with Gasteiger partial charge in [0.25, 0.3) is 0 Å². The Bertz CT molecular complexity index is 1300. The first-order chi connectivity index (χ1) is 20.1. The van der Waals surface area contributed by atoms with Crippen molar-refractivity contribution in [2.45, 2.75) is 130 Å². The summed E-state index contributed by atoms with van der Waals surface area (Å²) in [6, 6.07) is 10.6. The normalized spacial score (nSPS) is 55.4. The van der Waals surface area contributed by atoms with Crippen LogP contribution in [0.3, 0.4) is 0 Å². The highest BCUT2D eigenvalue weighted by atomic mass is 16.6. The molecule has 2 bridgehead atoms. The van der Waals surface area contributed by atoms with E-state index >= 15 is 0 Å². The summed E-state index contributed by atoms with van der Waals surface area (Å²) in [7, 11) is 0. The zero-order valence-corrected chi connectivity index (χ0v) is 27.5. The molecule has 7 rings (SSSR count). The van der Waals surface area contributed by atoms with Gasteiger partial charge in [-0.2, -0.15) is 0 Å². The predicted octanol–water partition coefficient (Wildman–Crippen LogP) is 7.63. The van der Waals surface area contributed by atoms with E-state index in [0.29, 0.717) is 18.3 Å². The molecule has 5 nitrogen and oxygen atoms in total. The molecule has 12 atom stereocenters. The summed E-state index contributed by atoms with van der Waals surface area (Å²) >= 11 is 0. The second kappa shape index (κ2) is 9.10. The van der Waals surface area contributed by atoms with Crippen LogP contribution in [0.1, 0.15) is 118 Å². The van der Waals surface area contributed by atoms with Gasteiger partial charge in [-0.25, -0.2) is 0 Å². The Morgan fingerprint density at radius 2 is 1.47 bits per heavy atom. The number of aliphatic carboxylic acids is 1. The quantitative estimate of drug-likeness (QED) is 0.335. The summed E-state index contributed by atoms with van der Waals surface area (Å²) in [6.07, 6.45) is 11.1. The third kappa shape index (κ3) is 3.43. The van der Waals surface area contributed by atoms with Crippen molar-refractivity contribution in [3.63, 3.8) is 0 Å². The average Bonchev–Trinajstić information content (AvgIpc) is 3.10. The lowest BCUT2D eigenvalue weighted by atomic mass is 9.26. The average molecular weight is 593 g/mol. The molecule has 0 aromatic heterocycles. The first kappa shape index (κ1) is 30.2. The Hall–Kier alpha value is -1.43. The minimum Gasteiger partial charge on any atom is -0.481 e. The van der Waals surface area contributed by atoms with E-state index in [0.717, 1.165) is 57.8 Å². The van der Waals surface area contributed by atoms with E-state index in [1.54, 1.807) is 0 Å². The number of benzene rings is 1. The molecule has 1 spiro atoms. The van der Waals surface area contributed by atoms with Crippen LogP contribution in [0.2, 0.25) is 0 Å². The van der Waals surface area contributed by atoms with Gasteiger partial charge in [-0.1, -0.05) is 65.0 Å². The molecule has 5 heteroatoms. The van der Waals surface area contributed by atoms with E-state index in [4.69, 9.17) is 4.74 Å². The lowest BCUT2D eigenvalue weighted by Crippen LogP contribution is -2.73. The first-order valence-electron chi connectivity index (χ1n) is 17.4. The monoisotopic (exact) mass is 592 g/mol. The van der Waals surface area contributed by atoms with Crippen LogP contribution >= 0.6 is 0 Å². The molecule has 0 amide bonds. The number of fused-ring (bicyclic) bond motifs is 7. The van der Waals surface area contributed by atoms with Gasteiger partial charge in [-0.05, 0) is 117 Å². The predicted molar refractivity (Wildman–Crippen MR) is 167 cm³/mol. The number of aliphatic hydroxyl groups is 2. The van der Waals surface area contributed by atoms with E-state index in [1.807, 2.05) is 6.92 Å².